The van der Waals surface area contributed by atoms with Gasteiger partial charge in [-0.25, -0.2) is 14.5 Å². The monoisotopic (exact) mass is 370 g/mol. The van der Waals surface area contributed by atoms with Crippen LogP contribution in [0.3, 0.4) is 0 Å². The summed E-state index contributed by atoms with van der Waals surface area (Å²) in [4.78, 5) is 28.7. The van der Waals surface area contributed by atoms with E-state index in [-0.39, 0.29) is 11.9 Å². The summed E-state index contributed by atoms with van der Waals surface area (Å²) in [5.74, 6) is 0.252. The summed E-state index contributed by atoms with van der Waals surface area (Å²) in [5.41, 5.74) is 1.17. The van der Waals surface area contributed by atoms with Gasteiger partial charge in [-0.15, -0.1) is 0 Å². The molecule has 0 aliphatic heterocycles. The van der Waals surface area contributed by atoms with Crippen LogP contribution in [0, 0.1) is 11.8 Å². The standard InChI is InChI=1S/C20H26N4O3/c1-13-5-4-6-18(14(13)2)23-19(25)15(3)27-20(26)16-7-9-17(10-8-16)24-12-21-11-22-24/h7-15,18H,4-6H2,1-3H3,(H,23,25)/t13-,14+,15+,18-/m0/s1. The van der Waals surface area contributed by atoms with Gasteiger partial charge >= 0.3 is 5.97 Å². The van der Waals surface area contributed by atoms with Gasteiger partial charge in [0.2, 0.25) is 0 Å². The lowest BCUT2D eigenvalue weighted by Crippen LogP contribution is -2.47. The number of benzene rings is 1. The summed E-state index contributed by atoms with van der Waals surface area (Å²) in [6.07, 6.45) is 5.47. The lowest BCUT2D eigenvalue weighted by molar-refractivity contribution is -0.130. The van der Waals surface area contributed by atoms with E-state index in [1.54, 1.807) is 42.2 Å². The third kappa shape index (κ3) is 4.53. The second-order valence-corrected chi connectivity index (χ2v) is 7.32. The van der Waals surface area contributed by atoms with Crippen molar-refractivity contribution in [3.05, 3.63) is 42.5 Å². The van der Waals surface area contributed by atoms with Crippen molar-refractivity contribution in [3.8, 4) is 5.69 Å². The number of rotatable bonds is 5. The zero-order valence-corrected chi connectivity index (χ0v) is 16.0. The van der Waals surface area contributed by atoms with Crippen LogP contribution in [0.4, 0.5) is 0 Å². The van der Waals surface area contributed by atoms with Gasteiger partial charge < -0.3 is 10.1 Å². The second kappa shape index (κ2) is 8.33. The van der Waals surface area contributed by atoms with Crippen molar-refractivity contribution < 1.29 is 14.3 Å². The Labute approximate surface area is 159 Å². The molecule has 27 heavy (non-hydrogen) atoms. The molecule has 2 aromatic rings. The van der Waals surface area contributed by atoms with Crippen molar-refractivity contribution in [3.63, 3.8) is 0 Å². The topological polar surface area (TPSA) is 86.1 Å². The van der Waals surface area contributed by atoms with Crippen LogP contribution in [-0.4, -0.2) is 38.8 Å². The minimum Gasteiger partial charge on any atom is -0.449 e. The Morgan fingerprint density at radius 1 is 1.22 bits per heavy atom. The largest absolute Gasteiger partial charge is 0.449 e. The van der Waals surface area contributed by atoms with Crippen LogP contribution in [0.5, 0.6) is 0 Å². The highest BCUT2D eigenvalue weighted by atomic mass is 16.5. The molecule has 1 amide bonds. The highest BCUT2D eigenvalue weighted by Crippen LogP contribution is 2.29. The molecule has 144 valence electrons. The van der Waals surface area contributed by atoms with Crippen LogP contribution in [0.1, 0.15) is 50.4 Å². The van der Waals surface area contributed by atoms with Crippen molar-refractivity contribution in [2.45, 2.75) is 52.2 Å². The van der Waals surface area contributed by atoms with Gasteiger partial charge in [0.1, 0.15) is 12.7 Å². The Morgan fingerprint density at radius 3 is 2.63 bits per heavy atom. The van der Waals surface area contributed by atoms with Gasteiger partial charge in [0.05, 0.1) is 11.3 Å². The van der Waals surface area contributed by atoms with Crippen molar-refractivity contribution in [2.75, 3.05) is 0 Å². The van der Waals surface area contributed by atoms with E-state index in [4.69, 9.17) is 4.74 Å². The number of carbonyl (C=O) groups excluding carboxylic acids is 2. The number of hydrogen-bond acceptors (Lipinski definition) is 5. The summed E-state index contributed by atoms with van der Waals surface area (Å²) in [6, 6.07) is 6.94. The Morgan fingerprint density at radius 2 is 1.96 bits per heavy atom. The first kappa shape index (κ1) is 19.1. The van der Waals surface area contributed by atoms with Crippen LogP contribution < -0.4 is 5.32 Å². The quantitative estimate of drug-likeness (QED) is 0.818. The molecule has 4 atom stereocenters. The fraction of sp³-hybridized carbons (Fsp3) is 0.500. The molecule has 1 N–H and O–H groups in total. The van der Waals surface area contributed by atoms with Crippen molar-refractivity contribution in [2.24, 2.45) is 11.8 Å². The van der Waals surface area contributed by atoms with Crippen molar-refractivity contribution >= 4 is 11.9 Å². The number of aromatic nitrogens is 3. The van der Waals surface area contributed by atoms with Crippen LogP contribution in [0.25, 0.3) is 5.69 Å². The molecule has 1 fully saturated rings. The minimum atomic E-state index is -0.836. The van der Waals surface area contributed by atoms with Gasteiger partial charge in [-0.3, -0.25) is 4.79 Å². The van der Waals surface area contributed by atoms with Gasteiger partial charge in [-0.2, -0.15) is 5.10 Å². The highest BCUT2D eigenvalue weighted by Gasteiger charge is 2.30. The molecule has 0 radical (unpaired) electrons. The second-order valence-electron chi connectivity index (χ2n) is 7.32. The Kier molecular flexibility index (Phi) is 5.88. The van der Waals surface area contributed by atoms with Gasteiger partial charge in [-0.1, -0.05) is 26.7 Å². The minimum absolute atomic E-state index is 0.143. The molecule has 0 spiro atoms. The van der Waals surface area contributed by atoms with E-state index in [0.29, 0.717) is 17.4 Å². The van der Waals surface area contributed by atoms with Crippen LogP contribution in [0.2, 0.25) is 0 Å². The average molecular weight is 370 g/mol. The summed E-state index contributed by atoms with van der Waals surface area (Å²) in [5, 5.41) is 7.08. The molecule has 7 heteroatoms. The average Bonchev–Trinajstić information content (AvgIpc) is 3.20. The number of ether oxygens (including phenoxy) is 1. The summed E-state index contributed by atoms with van der Waals surface area (Å²) in [6.45, 7) is 5.99. The van der Waals surface area contributed by atoms with E-state index in [0.717, 1.165) is 18.5 Å². The van der Waals surface area contributed by atoms with Crippen molar-refractivity contribution in [1.29, 1.82) is 0 Å². The molecule has 1 aromatic heterocycles. The lowest BCUT2D eigenvalue weighted by atomic mass is 9.78. The summed E-state index contributed by atoms with van der Waals surface area (Å²) >= 11 is 0. The molecule has 0 unspecified atom stereocenters. The molecular formula is C20H26N4O3. The van der Waals surface area contributed by atoms with Gasteiger partial charge in [-0.05, 0) is 49.4 Å². The first-order valence-corrected chi connectivity index (χ1v) is 9.42. The van der Waals surface area contributed by atoms with E-state index < -0.39 is 12.1 Å². The van der Waals surface area contributed by atoms with E-state index in [1.165, 1.54) is 12.7 Å². The third-order valence-electron chi connectivity index (χ3n) is 5.47. The highest BCUT2D eigenvalue weighted by molar-refractivity contribution is 5.92. The molecule has 7 nitrogen and oxygen atoms in total. The predicted molar refractivity (Wildman–Crippen MR) is 100 cm³/mol. The number of nitrogens with zero attached hydrogens (tertiary/aromatic N) is 3. The lowest BCUT2D eigenvalue weighted by Gasteiger charge is -2.35. The Balaban J connectivity index is 1.56. The molecule has 1 aromatic carbocycles. The van der Waals surface area contributed by atoms with Gasteiger partial charge in [0, 0.05) is 6.04 Å². The Hall–Kier alpha value is -2.70. The molecule has 1 heterocycles. The van der Waals surface area contributed by atoms with Crippen molar-refractivity contribution in [1.82, 2.24) is 20.1 Å². The number of carbonyl (C=O) groups is 2. The third-order valence-corrected chi connectivity index (χ3v) is 5.47. The maximum absolute atomic E-state index is 12.4. The number of hydrogen-bond donors (Lipinski definition) is 1. The fourth-order valence-corrected chi connectivity index (χ4v) is 3.46. The number of amides is 1. The maximum atomic E-state index is 12.4. The zero-order chi connectivity index (χ0) is 19.4. The summed E-state index contributed by atoms with van der Waals surface area (Å²) in [7, 11) is 0. The first-order chi connectivity index (χ1) is 13.0. The van der Waals surface area contributed by atoms with Crippen LogP contribution in [-0.2, 0) is 9.53 Å². The molecule has 3 rings (SSSR count). The predicted octanol–water partition coefficient (Wildman–Crippen LogP) is 2.75. The fourth-order valence-electron chi connectivity index (χ4n) is 3.46. The van der Waals surface area contributed by atoms with E-state index in [2.05, 4.69) is 29.2 Å². The van der Waals surface area contributed by atoms with E-state index >= 15 is 0 Å². The normalized spacial score (nSPS) is 23.4. The number of nitrogens with one attached hydrogen (secondary N) is 1. The van der Waals surface area contributed by atoms with E-state index in [9.17, 15) is 9.59 Å². The first-order valence-electron chi connectivity index (χ1n) is 9.42. The SMILES string of the molecule is C[C@H]1[C@@H](NC(=O)[C@@H](C)OC(=O)c2ccc(-n3cncn3)cc2)CCC[C@@H]1C. The maximum Gasteiger partial charge on any atom is 0.338 e. The molecule has 1 saturated carbocycles. The van der Waals surface area contributed by atoms with Gasteiger partial charge in [0.25, 0.3) is 5.91 Å². The number of esters is 1. The molecule has 0 bridgehead atoms. The Bertz CT molecular complexity index is 773. The molecule has 1 aliphatic rings. The summed E-state index contributed by atoms with van der Waals surface area (Å²) < 4.78 is 6.94. The smallest absolute Gasteiger partial charge is 0.338 e. The van der Waals surface area contributed by atoms with E-state index in [1.807, 2.05) is 0 Å². The van der Waals surface area contributed by atoms with Crippen LogP contribution in [0.15, 0.2) is 36.9 Å². The van der Waals surface area contributed by atoms with Crippen LogP contribution >= 0.6 is 0 Å². The van der Waals surface area contributed by atoms with Gasteiger partial charge in [0.15, 0.2) is 6.10 Å². The zero-order valence-electron chi connectivity index (χ0n) is 16.0. The molecule has 0 saturated heterocycles. The molecular weight excluding hydrogens is 344 g/mol. The molecule has 1 aliphatic carbocycles.